The van der Waals surface area contributed by atoms with Crippen molar-refractivity contribution < 1.29 is 14.6 Å². The Morgan fingerprint density at radius 3 is 3.00 bits per heavy atom. The maximum absolute atomic E-state index is 10.5. The Morgan fingerprint density at radius 1 is 1.47 bits per heavy atom. The highest BCUT2D eigenvalue weighted by atomic mass is 16.5. The molecule has 1 atom stereocenters. The van der Waals surface area contributed by atoms with Crippen LogP contribution in [0.3, 0.4) is 0 Å². The molecule has 1 N–H and O–H groups in total. The fraction of sp³-hybridized carbons (Fsp3) is 0.312. The van der Waals surface area contributed by atoms with Gasteiger partial charge in [-0.1, -0.05) is 12.2 Å². The van der Waals surface area contributed by atoms with Crippen LogP contribution in [0.5, 0.6) is 11.5 Å². The van der Waals surface area contributed by atoms with Gasteiger partial charge in [0.15, 0.2) is 0 Å². The Hall–Kier alpha value is -2.03. The smallest absolute Gasteiger partial charge is 0.145 e. The average Bonchev–Trinajstić information content (AvgIpc) is 2.39. The Morgan fingerprint density at radius 2 is 2.26 bits per heavy atom. The molecule has 19 heavy (non-hydrogen) atoms. The van der Waals surface area contributed by atoms with Crippen LogP contribution in [0.1, 0.15) is 32.3 Å². The van der Waals surface area contributed by atoms with Gasteiger partial charge in [-0.2, -0.15) is 0 Å². The van der Waals surface area contributed by atoms with E-state index in [2.05, 4.69) is 0 Å². The Labute approximate surface area is 113 Å². The molecule has 3 heteroatoms. The number of rotatable bonds is 4. The van der Waals surface area contributed by atoms with Gasteiger partial charge < -0.3 is 9.84 Å². The van der Waals surface area contributed by atoms with Crippen molar-refractivity contribution in [2.75, 3.05) is 0 Å². The van der Waals surface area contributed by atoms with Crippen molar-refractivity contribution >= 4 is 12.4 Å². The summed E-state index contributed by atoms with van der Waals surface area (Å²) in [5, 5.41) is 9.42. The van der Waals surface area contributed by atoms with Crippen molar-refractivity contribution in [3.8, 4) is 11.5 Å². The number of carbonyl (C=O) groups is 1. The normalized spacial score (nSPS) is 21.7. The van der Waals surface area contributed by atoms with Crippen LogP contribution in [0, 0.1) is 0 Å². The first-order chi connectivity index (χ1) is 9.02. The zero-order valence-electron chi connectivity index (χ0n) is 11.2. The first kappa shape index (κ1) is 13.4. The predicted octanol–water partition coefficient (Wildman–Crippen LogP) is 3.48. The molecule has 0 fully saturated rings. The third-order valence-electron chi connectivity index (χ3n) is 3.24. The number of phenolic OH excluding ortho intramolecular Hbond substituents is 1. The molecule has 1 heterocycles. The SMILES string of the molecule is C/C(C=O)=C\CCC1(C)C=Cc2cc(O)ccc2O1. The molecule has 3 nitrogen and oxygen atoms in total. The van der Waals surface area contributed by atoms with Gasteiger partial charge in [0, 0.05) is 5.56 Å². The summed E-state index contributed by atoms with van der Waals surface area (Å²) in [5.41, 5.74) is 1.26. The van der Waals surface area contributed by atoms with Crippen molar-refractivity contribution in [1.82, 2.24) is 0 Å². The first-order valence-electron chi connectivity index (χ1n) is 6.36. The van der Waals surface area contributed by atoms with Gasteiger partial charge in [0.1, 0.15) is 23.4 Å². The number of fused-ring (bicyclic) bond motifs is 1. The highest BCUT2D eigenvalue weighted by Gasteiger charge is 2.26. The fourth-order valence-corrected chi connectivity index (χ4v) is 2.08. The molecule has 0 saturated carbocycles. The molecule has 1 aromatic rings. The van der Waals surface area contributed by atoms with Crippen LogP contribution in [0.15, 0.2) is 35.9 Å². The lowest BCUT2D eigenvalue weighted by Crippen LogP contribution is -2.31. The first-order valence-corrected chi connectivity index (χ1v) is 6.36. The van der Waals surface area contributed by atoms with Gasteiger partial charge in [-0.25, -0.2) is 0 Å². The molecule has 1 aliphatic heterocycles. The number of allylic oxidation sites excluding steroid dienone is 2. The number of phenols is 1. The minimum absolute atomic E-state index is 0.236. The highest BCUT2D eigenvalue weighted by molar-refractivity contribution is 5.71. The Bertz CT molecular complexity index is 543. The quantitative estimate of drug-likeness (QED) is 0.664. The molecular weight excluding hydrogens is 240 g/mol. The predicted molar refractivity (Wildman–Crippen MR) is 75.2 cm³/mol. The highest BCUT2D eigenvalue weighted by Crippen LogP contribution is 2.35. The van der Waals surface area contributed by atoms with E-state index in [0.29, 0.717) is 0 Å². The molecule has 0 aliphatic carbocycles. The van der Waals surface area contributed by atoms with Crippen molar-refractivity contribution in [3.05, 3.63) is 41.5 Å². The molecule has 0 saturated heterocycles. The number of aromatic hydroxyl groups is 1. The van der Waals surface area contributed by atoms with Gasteiger partial charge in [0.25, 0.3) is 0 Å². The fourth-order valence-electron chi connectivity index (χ4n) is 2.08. The molecule has 0 aromatic heterocycles. The van der Waals surface area contributed by atoms with Crippen LogP contribution in [0.2, 0.25) is 0 Å². The molecule has 1 aromatic carbocycles. The molecule has 1 unspecified atom stereocenters. The number of ether oxygens (including phenoxy) is 1. The summed E-state index contributed by atoms with van der Waals surface area (Å²) in [7, 11) is 0. The molecule has 2 rings (SSSR count). The van der Waals surface area contributed by atoms with Crippen LogP contribution in [-0.4, -0.2) is 17.0 Å². The van der Waals surface area contributed by atoms with E-state index in [9.17, 15) is 9.90 Å². The second kappa shape index (κ2) is 5.31. The van der Waals surface area contributed by atoms with Crippen LogP contribution >= 0.6 is 0 Å². The molecule has 100 valence electrons. The van der Waals surface area contributed by atoms with Crippen LogP contribution in [0.25, 0.3) is 6.08 Å². The largest absolute Gasteiger partial charge is 0.508 e. The summed E-state index contributed by atoms with van der Waals surface area (Å²) in [4.78, 5) is 10.5. The van der Waals surface area contributed by atoms with Crippen LogP contribution in [0.4, 0.5) is 0 Å². The number of carbonyl (C=O) groups excluding carboxylic acids is 1. The summed E-state index contributed by atoms with van der Waals surface area (Å²) in [5.74, 6) is 1.01. The van der Waals surface area contributed by atoms with Gasteiger partial charge in [-0.05, 0) is 56.5 Å². The van der Waals surface area contributed by atoms with E-state index in [1.165, 1.54) is 0 Å². The van der Waals surface area contributed by atoms with Gasteiger partial charge in [-0.15, -0.1) is 0 Å². The maximum atomic E-state index is 10.5. The lowest BCUT2D eigenvalue weighted by atomic mass is 9.94. The van der Waals surface area contributed by atoms with E-state index < -0.39 is 0 Å². The van der Waals surface area contributed by atoms with E-state index in [-0.39, 0.29) is 11.4 Å². The summed E-state index contributed by atoms with van der Waals surface area (Å²) >= 11 is 0. The lowest BCUT2D eigenvalue weighted by molar-refractivity contribution is -0.104. The van der Waals surface area contributed by atoms with E-state index in [0.717, 1.165) is 36.0 Å². The lowest BCUT2D eigenvalue weighted by Gasteiger charge is -2.31. The summed E-state index contributed by atoms with van der Waals surface area (Å²) in [6.45, 7) is 3.81. The van der Waals surface area contributed by atoms with Gasteiger partial charge in [-0.3, -0.25) is 4.79 Å². The van der Waals surface area contributed by atoms with Gasteiger partial charge in [0.05, 0.1) is 0 Å². The van der Waals surface area contributed by atoms with Crippen molar-refractivity contribution in [1.29, 1.82) is 0 Å². The van der Waals surface area contributed by atoms with E-state index in [1.54, 1.807) is 25.1 Å². The summed E-state index contributed by atoms with van der Waals surface area (Å²) < 4.78 is 5.97. The van der Waals surface area contributed by atoms with Crippen LogP contribution < -0.4 is 4.74 Å². The minimum atomic E-state index is -0.371. The molecule has 0 bridgehead atoms. The van der Waals surface area contributed by atoms with Gasteiger partial charge in [0.2, 0.25) is 0 Å². The second-order valence-corrected chi connectivity index (χ2v) is 5.07. The molecule has 0 amide bonds. The zero-order valence-corrected chi connectivity index (χ0v) is 11.2. The minimum Gasteiger partial charge on any atom is -0.508 e. The monoisotopic (exact) mass is 258 g/mol. The molecule has 1 aliphatic rings. The summed E-state index contributed by atoms with van der Waals surface area (Å²) in [6.07, 6.45) is 8.33. The molecule has 0 spiro atoms. The Balaban J connectivity index is 2.08. The average molecular weight is 258 g/mol. The summed E-state index contributed by atoms with van der Waals surface area (Å²) in [6, 6.07) is 5.08. The second-order valence-electron chi connectivity index (χ2n) is 5.07. The topological polar surface area (TPSA) is 46.5 Å². The Kier molecular flexibility index (Phi) is 3.74. The van der Waals surface area contributed by atoms with E-state index >= 15 is 0 Å². The standard InChI is InChI=1S/C16H18O3/c1-12(11-17)4-3-8-16(2)9-7-13-10-14(18)5-6-15(13)19-16/h4-7,9-11,18H,3,8H2,1-2H3/b12-4+. The van der Waals surface area contributed by atoms with Crippen LogP contribution in [-0.2, 0) is 4.79 Å². The van der Waals surface area contributed by atoms with Crippen molar-refractivity contribution in [3.63, 3.8) is 0 Å². The third-order valence-corrected chi connectivity index (χ3v) is 3.24. The third kappa shape index (κ3) is 3.25. The molecular formula is C16H18O3. The maximum Gasteiger partial charge on any atom is 0.145 e. The van der Waals surface area contributed by atoms with Gasteiger partial charge >= 0.3 is 0 Å². The number of aldehydes is 1. The number of benzene rings is 1. The van der Waals surface area contributed by atoms with Crippen molar-refractivity contribution in [2.45, 2.75) is 32.3 Å². The zero-order chi connectivity index (χ0) is 13.9. The van der Waals surface area contributed by atoms with Crippen molar-refractivity contribution in [2.24, 2.45) is 0 Å². The van der Waals surface area contributed by atoms with E-state index in [4.69, 9.17) is 4.74 Å². The van der Waals surface area contributed by atoms with E-state index in [1.807, 2.05) is 25.2 Å². The molecule has 0 radical (unpaired) electrons. The number of hydrogen-bond donors (Lipinski definition) is 1. The number of hydrogen-bond acceptors (Lipinski definition) is 3.